The number of ketones is 1. The van der Waals surface area contributed by atoms with Crippen LogP contribution >= 0.6 is 23.1 Å². The fourth-order valence-electron chi connectivity index (χ4n) is 3.87. The molecular formula is C26H28FN5O7S3. The lowest BCUT2D eigenvalue weighted by molar-refractivity contribution is -0.131. The van der Waals surface area contributed by atoms with E-state index >= 15 is 0 Å². The number of hydrogen-bond donors (Lipinski definition) is 1. The van der Waals surface area contributed by atoms with E-state index in [1.807, 2.05) is 18.2 Å². The molecule has 16 heteroatoms. The van der Waals surface area contributed by atoms with E-state index in [1.54, 1.807) is 42.2 Å². The number of alkyl halides is 1. The van der Waals surface area contributed by atoms with Gasteiger partial charge in [-0.25, -0.2) is 27.6 Å². The number of hydrogen-bond acceptors (Lipinski definition) is 12. The molecule has 0 amide bonds. The summed E-state index contributed by atoms with van der Waals surface area (Å²) in [6.45, 7) is -0.0288. The van der Waals surface area contributed by atoms with Crippen LogP contribution in [-0.4, -0.2) is 66.3 Å². The molecular weight excluding hydrogens is 610 g/mol. The van der Waals surface area contributed by atoms with Crippen molar-refractivity contribution in [2.45, 2.75) is 29.7 Å². The van der Waals surface area contributed by atoms with Gasteiger partial charge in [-0.05, 0) is 29.8 Å². The van der Waals surface area contributed by atoms with E-state index in [0.29, 0.717) is 45.4 Å². The van der Waals surface area contributed by atoms with Crippen LogP contribution in [0.1, 0.15) is 17.7 Å². The maximum atomic E-state index is 12.8. The maximum absolute atomic E-state index is 12.8. The number of Topliss-reactive ketones (excluding diaryl/α,β-unsaturated/α-hetero) is 1. The quantitative estimate of drug-likeness (QED) is 0.159. The number of fused-ring (bicyclic) bond motifs is 1. The molecule has 2 heterocycles. The minimum atomic E-state index is -3.89. The smallest absolute Gasteiger partial charge is 0.293 e. The first-order chi connectivity index (χ1) is 20.2. The van der Waals surface area contributed by atoms with Crippen LogP contribution in [0.15, 0.2) is 53.0 Å². The van der Waals surface area contributed by atoms with Gasteiger partial charge in [0.05, 0.1) is 23.0 Å². The van der Waals surface area contributed by atoms with Crippen molar-refractivity contribution >= 4 is 55.6 Å². The minimum absolute atomic E-state index is 0.000248. The summed E-state index contributed by atoms with van der Waals surface area (Å²) in [7, 11) is -3.89. The van der Waals surface area contributed by atoms with Gasteiger partial charge in [-0.3, -0.25) is 9.59 Å². The second-order valence-corrected chi connectivity index (χ2v) is 12.9. The predicted molar refractivity (Wildman–Crippen MR) is 155 cm³/mol. The maximum Gasteiger partial charge on any atom is 0.293 e. The number of ether oxygens (including phenoxy) is 3. The van der Waals surface area contributed by atoms with E-state index in [9.17, 15) is 22.4 Å². The van der Waals surface area contributed by atoms with E-state index in [-0.39, 0.29) is 48.8 Å². The molecule has 0 aliphatic carbocycles. The van der Waals surface area contributed by atoms with Gasteiger partial charge >= 0.3 is 0 Å². The molecule has 42 heavy (non-hydrogen) atoms. The molecule has 4 aromatic rings. The SMILES string of the molecule is NS(=O)(=O)c1nc2cc(OCc3cn(CC(=O)C[C@H](COC=O)CSCc4cccc(OCCF)c4)nn3)ccc2s1. The monoisotopic (exact) mass is 637 g/mol. The summed E-state index contributed by atoms with van der Waals surface area (Å²) in [4.78, 5) is 27.6. The van der Waals surface area contributed by atoms with Gasteiger partial charge in [0.15, 0.2) is 5.78 Å². The number of carbonyl (C=O) groups is 2. The number of nitrogens with two attached hydrogens (primary N) is 1. The second-order valence-electron chi connectivity index (χ2n) is 9.09. The molecule has 12 nitrogen and oxygen atoms in total. The van der Waals surface area contributed by atoms with Crippen molar-refractivity contribution in [1.29, 1.82) is 0 Å². The summed E-state index contributed by atoms with van der Waals surface area (Å²) < 4.78 is 53.3. The summed E-state index contributed by atoms with van der Waals surface area (Å²) in [5, 5.41) is 13.2. The normalized spacial score (nSPS) is 12.2. The Morgan fingerprint density at radius 1 is 1.19 bits per heavy atom. The van der Waals surface area contributed by atoms with Gasteiger partial charge in [-0.1, -0.05) is 17.3 Å². The Morgan fingerprint density at radius 2 is 2.02 bits per heavy atom. The van der Waals surface area contributed by atoms with Gasteiger partial charge < -0.3 is 14.2 Å². The van der Waals surface area contributed by atoms with Crippen LogP contribution in [-0.2, 0) is 43.3 Å². The summed E-state index contributed by atoms with van der Waals surface area (Å²) in [5.74, 6) is 1.98. The highest BCUT2D eigenvalue weighted by atomic mass is 32.2. The van der Waals surface area contributed by atoms with Crippen molar-refractivity contribution in [3.8, 4) is 11.5 Å². The Morgan fingerprint density at radius 3 is 2.81 bits per heavy atom. The van der Waals surface area contributed by atoms with Gasteiger partial charge in [-0.2, -0.15) is 11.8 Å². The molecule has 0 saturated heterocycles. The zero-order valence-corrected chi connectivity index (χ0v) is 24.7. The van der Waals surface area contributed by atoms with Crippen molar-refractivity contribution in [1.82, 2.24) is 20.0 Å². The third-order valence-electron chi connectivity index (χ3n) is 5.68. The third kappa shape index (κ3) is 9.47. The zero-order chi connectivity index (χ0) is 30.0. The Hall–Kier alpha value is -3.60. The summed E-state index contributed by atoms with van der Waals surface area (Å²) in [5.41, 5.74) is 1.92. The van der Waals surface area contributed by atoms with Crippen molar-refractivity contribution < 1.29 is 36.6 Å². The first-order valence-corrected chi connectivity index (χ1v) is 16.1. The summed E-state index contributed by atoms with van der Waals surface area (Å²) in [6.07, 6.45) is 1.78. The van der Waals surface area contributed by atoms with Gasteiger partial charge in [0.25, 0.3) is 16.5 Å². The molecule has 2 aromatic heterocycles. The number of carbonyl (C=O) groups excluding carboxylic acids is 2. The highest BCUT2D eigenvalue weighted by Gasteiger charge is 2.17. The highest BCUT2D eigenvalue weighted by molar-refractivity contribution is 7.98. The number of thiazole rings is 1. The van der Waals surface area contributed by atoms with Crippen LogP contribution in [0.3, 0.4) is 0 Å². The first-order valence-electron chi connectivity index (χ1n) is 12.6. The summed E-state index contributed by atoms with van der Waals surface area (Å²) >= 11 is 2.56. The molecule has 224 valence electrons. The molecule has 4 rings (SSSR count). The van der Waals surface area contributed by atoms with Crippen molar-refractivity contribution in [3.63, 3.8) is 0 Å². The van der Waals surface area contributed by atoms with Crippen molar-refractivity contribution in [3.05, 3.63) is 59.9 Å². The number of thioether (sulfide) groups is 1. The van der Waals surface area contributed by atoms with Gasteiger partial charge in [-0.15, -0.1) is 16.4 Å². The van der Waals surface area contributed by atoms with Crippen LogP contribution in [0.25, 0.3) is 10.2 Å². The van der Waals surface area contributed by atoms with Crippen LogP contribution in [0.2, 0.25) is 0 Å². The first kappa shape index (κ1) is 31.3. The molecule has 2 N–H and O–H groups in total. The van der Waals surface area contributed by atoms with E-state index in [0.717, 1.165) is 16.9 Å². The number of sulfonamides is 1. The number of halogens is 1. The number of primary sulfonamides is 1. The Bertz CT molecular complexity index is 1610. The second kappa shape index (κ2) is 15.0. The van der Waals surface area contributed by atoms with E-state index in [4.69, 9.17) is 19.3 Å². The van der Waals surface area contributed by atoms with E-state index in [1.165, 1.54) is 4.68 Å². The number of benzene rings is 2. The Balaban J connectivity index is 1.26. The standard InChI is InChI=1S/C26H28FN5O7S3/c27-6-7-38-22-3-1-2-18(9-22)15-40-16-19(13-37-17-33)8-21(34)12-32-11-20(30-31-32)14-39-23-4-5-25-24(10-23)29-26(41-25)42(28,35)36/h1-5,9-11,17,19H,6-8,12-16H2,(H2,28,35,36)/t19-/m1/s1. The van der Waals surface area contributed by atoms with E-state index in [2.05, 4.69) is 15.3 Å². The number of aromatic nitrogens is 4. The van der Waals surface area contributed by atoms with Crippen molar-refractivity contribution in [2.75, 3.05) is 25.6 Å². The van der Waals surface area contributed by atoms with Crippen LogP contribution in [0.5, 0.6) is 11.5 Å². The average Bonchev–Trinajstić information content (AvgIpc) is 3.60. The Labute approximate surface area is 249 Å². The summed E-state index contributed by atoms with van der Waals surface area (Å²) in [6, 6.07) is 12.4. The lowest BCUT2D eigenvalue weighted by Gasteiger charge is -2.15. The minimum Gasteiger partial charge on any atom is -0.491 e. The molecule has 0 unspecified atom stereocenters. The van der Waals surface area contributed by atoms with Crippen LogP contribution in [0, 0.1) is 5.92 Å². The highest BCUT2D eigenvalue weighted by Crippen LogP contribution is 2.28. The number of nitrogens with zero attached hydrogens (tertiary/aromatic N) is 4. The molecule has 0 aliphatic heterocycles. The Kier molecular flexibility index (Phi) is 11.2. The third-order valence-corrected chi connectivity index (χ3v) is 9.28. The predicted octanol–water partition coefficient (Wildman–Crippen LogP) is 3.14. The van der Waals surface area contributed by atoms with E-state index < -0.39 is 16.7 Å². The molecule has 0 bridgehead atoms. The van der Waals surface area contributed by atoms with Crippen LogP contribution < -0.4 is 14.6 Å². The lowest BCUT2D eigenvalue weighted by Crippen LogP contribution is -2.20. The zero-order valence-electron chi connectivity index (χ0n) is 22.3. The molecule has 1 atom stereocenters. The fraction of sp³-hybridized carbons (Fsp3) is 0.346. The molecule has 0 spiro atoms. The fourth-order valence-corrected chi connectivity index (χ4v) is 6.59. The average molecular weight is 638 g/mol. The van der Waals surface area contributed by atoms with Crippen molar-refractivity contribution in [2.24, 2.45) is 11.1 Å². The van der Waals surface area contributed by atoms with Crippen LogP contribution in [0.4, 0.5) is 4.39 Å². The molecule has 0 radical (unpaired) electrons. The number of rotatable bonds is 18. The molecule has 0 aliphatic rings. The molecule has 2 aromatic carbocycles. The largest absolute Gasteiger partial charge is 0.491 e. The molecule has 0 fully saturated rings. The molecule has 0 saturated carbocycles. The lowest BCUT2D eigenvalue weighted by atomic mass is 10.1. The van der Waals surface area contributed by atoms with Gasteiger partial charge in [0.2, 0.25) is 4.34 Å². The van der Waals surface area contributed by atoms with Gasteiger partial charge in [0, 0.05) is 29.9 Å². The topological polar surface area (TPSA) is 166 Å². The van der Waals surface area contributed by atoms with Gasteiger partial charge in [0.1, 0.15) is 43.6 Å².